The zero-order chi connectivity index (χ0) is 10.9. The third kappa shape index (κ3) is 2.55. The highest BCUT2D eigenvalue weighted by molar-refractivity contribution is 4.96. The molecule has 1 heterocycles. The normalized spacial score (nSPS) is 31.0. The lowest BCUT2D eigenvalue weighted by Gasteiger charge is -2.40. The van der Waals surface area contributed by atoms with Crippen LogP contribution >= 0.6 is 0 Å². The van der Waals surface area contributed by atoms with Crippen molar-refractivity contribution in [3.8, 4) is 0 Å². The van der Waals surface area contributed by atoms with Crippen LogP contribution in [0.4, 0.5) is 0 Å². The second-order valence-electron chi connectivity index (χ2n) is 7.00. The molecule has 0 amide bonds. The Morgan fingerprint density at radius 3 is 2.33 bits per heavy atom. The van der Waals surface area contributed by atoms with Gasteiger partial charge < -0.3 is 5.32 Å². The largest absolute Gasteiger partial charge is 0.316 e. The van der Waals surface area contributed by atoms with Crippen molar-refractivity contribution in [2.45, 2.75) is 59.3 Å². The van der Waals surface area contributed by atoms with Gasteiger partial charge in [0.15, 0.2) is 0 Å². The summed E-state index contributed by atoms with van der Waals surface area (Å²) in [5.41, 5.74) is 1.20. The van der Waals surface area contributed by atoms with Crippen LogP contribution in [0.15, 0.2) is 0 Å². The molecule has 1 saturated carbocycles. The molecular weight excluding hydrogens is 182 g/mol. The van der Waals surface area contributed by atoms with E-state index in [0.29, 0.717) is 10.8 Å². The molecule has 1 nitrogen and oxygen atoms in total. The van der Waals surface area contributed by atoms with E-state index < -0.39 is 0 Å². The van der Waals surface area contributed by atoms with E-state index in [1.807, 2.05) is 0 Å². The molecule has 1 aliphatic heterocycles. The first-order valence-electron chi connectivity index (χ1n) is 6.73. The molecule has 88 valence electrons. The van der Waals surface area contributed by atoms with Crippen LogP contribution in [0, 0.1) is 16.7 Å². The highest BCUT2D eigenvalue weighted by Crippen LogP contribution is 2.52. The van der Waals surface area contributed by atoms with E-state index in [9.17, 15) is 0 Å². The van der Waals surface area contributed by atoms with E-state index >= 15 is 0 Å². The summed E-state index contributed by atoms with van der Waals surface area (Å²) in [6, 6.07) is 0. The maximum atomic E-state index is 3.56. The Bertz CT molecular complexity index is 202. The summed E-state index contributed by atoms with van der Waals surface area (Å²) < 4.78 is 0. The van der Waals surface area contributed by atoms with Gasteiger partial charge in [0.1, 0.15) is 0 Å². The smallest absolute Gasteiger partial charge is 0.00147 e. The van der Waals surface area contributed by atoms with E-state index in [1.54, 1.807) is 0 Å². The molecule has 0 aromatic carbocycles. The second kappa shape index (κ2) is 4.08. The van der Waals surface area contributed by atoms with Gasteiger partial charge in [0.05, 0.1) is 0 Å². The molecule has 0 aromatic rings. The standard InChI is InChI=1S/C14H27N/c1-13(2,3)11-14(7-4-5-8-14)12-6-9-15-10-12/h12,15H,4-11H2,1-3H3. The lowest BCUT2D eigenvalue weighted by molar-refractivity contribution is 0.105. The van der Waals surface area contributed by atoms with Crippen molar-refractivity contribution in [3.63, 3.8) is 0 Å². The monoisotopic (exact) mass is 209 g/mol. The average molecular weight is 209 g/mol. The number of rotatable bonds is 2. The van der Waals surface area contributed by atoms with Crippen molar-refractivity contribution in [1.82, 2.24) is 5.32 Å². The first-order valence-corrected chi connectivity index (χ1v) is 6.73. The summed E-state index contributed by atoms with van der Waals surface area (Å²) in [6.45, 7) is 9.78. The van der Waals surface area contributed by atoms with Gasteiger partial charge in [0.2, 0.25) is 0 Å². The zero-order valence-electron chi connectivity index (χ0n) is 10.7. The zero-order valence-corrected chi connectivity index (χ0v) is 10.7. The van der Waals surface area contributed by atoms with Crippen LogP contribution in [0.25, 0.3) is 0 Å². The highest BCUT2D eigenvalue weighted by Gasteiger charge is 2.44. The van der Waals surface area contributed by atoms with Gasteiger partial charge in [0.25, 0.3) is 0 Å². The SMILES string of the molecule is CC(C)(C)CC1(C2CCNC2)CCCC1. The molecule has 0 spiro atoms. The van der Waals surface area contributed by atoms with Gasteiger partial charge in [0, 0.05) is 0 Å². The van der Waals surface area contributed by atoms with Crippen molar-refractivity contribution in [3.05, 3.63) is 0 Å². The van der Waals surface area contributed by atoms with Crippen molar-refractivity contribution < 1.29 is 0 Å². The molecular formula is C14H27N. The summed E-state index contributed by atoms with van der Waals surface area (Å²) >= 11 is 0. The summed E-state index contributed by atoms with van der Waals surface area (Å²) in [6.07, 6.45) is 8.81. The van der Waals surface area contributed by atoms with Crippen LogP contribution in [0.1, 0.15) is 59.3 Å². The minimum Gasteiger partial charge on any atom is -0.316 e. The van der Waals surface area contributed by atoms with Gasteiger partial charge in [-0.1, -0.05) is 33.6 Å². The molecule has 1 aliphatic carbocycles. The van der Waals surface area contributed by atoms with Crippen LogP contribution < -0.4 is 5.32 Å². The fourth-order valence-corrected chi connectivity index (χ4v) is 4.04. The van der Waals surface area contributed by atoms with Crippen LogP contribution in [-0.2, 0) is 0 Å². The maximum Gasteiger partial charge on any atom is -0.00147 e. The fraction of sp³-hybridized carbons (Fsp3) is 1.00. The third-order valence-corrected chi connectivity index (χ3v) is 4.41. The summed E-state index contributed by atoms with van der Waals surface area (Å²) in [5.74, 6) is 0.972. The molecule has 1 unspecified atom stereocenters. The van der Waals surface area contributed by atoms with Gasteiger partial charge in [-0.15, -0.1) is 0 Å². The minimum atomic E-state index is 0.507. The lowest BCUT2D eigenvalue weighted by atomic mass is 9.65. The molecule has 1 N–H and O–H groups in total. The molecule has 0 radical (unpaired) electrons. The number of nitrogens with one attached hydrogen (secondary N) is 1. The van der Waals surface area contributed by atoms with Crippen molar-refractivity contribution in [1.29, 1.82) is 0 Å². The molecule has 1 atom stereocenters. The third-order valence-electron chi connectivity index (χ3n) is 4.41. The van der Waals surface area contributed by atoms with Gasteiger partial charge in [-0.05, 0) is 55.5 Å². The van der Waals surface area contributed by atoms with E-state index in [1.165, 1.54) is 51.6 Å². The Morgan fingerprint density at radius 1 is 1.20 bits per heavy atom. The van der Waals surface area contributed by atoms with E-state index in [-0.39, 0.29) is 0 Å². The van der Waals surface area contributed by atoms with E-state index in [4.69, 9.17) is 0 Å². The van der Waals surface area contributed by atoms with Crippen LogP contribution in [0.3, 0.4) is 0 Å². The Morgan fingerprint density at radius 2 is 1.87 bits per heavy atom. The number of hydrogen-bond donors (Lipinski definition) is 1. The Hall–Kier alpha value is -0.0400. The highest BCUT2D eigenvalue weighted by atomic mass is 14.9. The van der Waals surface area contributed by atoms with Gasteiger partial charge in [-0.2, -0.15) is 0 Å². The predicted molar refractivity (Wildman–Crippen MR) is 65.9 cm³/mol. The van der Waals surface area contributed by atoms with Crippen molar-refractivity contribution >= 4 is 0 Å². The van der Waals surface area contributed by atoms with Crippen molar-refractivity contribution in [2.24, 2.45) is 16.7 Å². The molecule has 0 bridgehead atoms. The van der Waals surface area contributed by atoms with E-state index in [0.717, 1.165) is 5.92 Å². The Balaban J connectivity index is 2.09. The lowest BCUT2D eigenvalue weighted by Crippen LogP contribution is -2.33. The summed E-state index contributed by atoms with van der Waals surface area (Å²) in [7, 11) is 0. The molecule has 1 heteroatoms. The summed E-state index contributed by atoms with van der Waals surface area (Å²) in [5, 5.41) is 3.56. The molecule has 2 aliphatic rings. The second-order valence-corrected chi connectivity index (χ2v) is 7.00. The van der Waals surface area contributed by atoms with Gasteiger partial charge in [-0.3, -0.25) is 0 Å². The van der Waals surface area contributed by atoms with Crippen LogP contribution in [0.2, 0.25) is 0 Å². The molecule has 0 aromatic heterocycles. The molecule has 2 rings (SSSR count). The van der Waals surface area contributed by atoms with Crippen LogP contribution in [-0.4, -0.2) is 13.1 Å². The summed E-state index contributed by atoms with van der Waals surface area (Å²) in [4.78, 5) is 0. The van der Waals surface area contributed by atoms with Crippen LogP contribution in [0.5, 0.6) is 0 Å². The molecule has 2 fully saturated rings. The van der Waals surface area contributed by atoms with Gasteiger partial charge in [-0.25, -0.2) is 0 Å². The Kier molecular flexibility index (Phi) is 3.12. The predicted octanol–water partition coefficient (Wildman–Crippen LogP) is 3.59. The van der Waals surface area contributed by atoms with E-state index in [2.05, 4.69) is 26.1 Å². The number of hydrogen-bond acceptors (Lipinski definition) is 1. The Labute approximate surface area is 95.0 Å². The average Bonchev–Trinajstić information content (AvgIpc) is 2.68. The molecule has 15 heavy (non-hydrogen) atoms. The van der Waals surface area contributed by atoms with Gasteiger partial charge >= 0.3 is 0 Å². The first-order chi connectivity index (χ1) is 7.02. The topological polar surface area (TPSA) is 12.0 Å². The first kappa shape index (κ1) is 11.4. The molecule has 1 saturated heterocycles. The maximum absolute atomic E-state index is 3.56. The fourth-order valence-electron chi connectivity index (χ4n) is 4.04. The quantitative estimate of drug-likeness (QED) is 0.733. The minimum absolute atomic E-state index is 0.507. The van der Waals surface area contributed by atoms with Crippen molar-refractivity contribution in [2.75, 3.05) is 13.1 Å².